The minimum absolute atomic E-state index is 0.630. The van der Waals surface area contributed by atoms with Gasteiger partial charge in [0, 0.05) is 25.7 Å². The second-order valence-corrected chi connectivity index (χ2v) is 4.62. The molecule has 1 unspecified atom stereocenters. The molecule has 0 heterocycles. The van der Waals surface area contributed by atoms with Crippen molar-refractivity contribution in [3.8, 4) is 0 Å². The Hall–Kier alpha value is -0.860. The van der Waals surface area contributed by atoms with E-state index in [9.17, 15) is 0 Å². The molecule has 0 aliphatic heterocycles. The van der Waals surface area contributed by atoms with Crippen LogP contribution in [0.3, 0.4) is 0 Å². The molecule has 1 N–H and O–H groups in total. The third kappa shape index (κ3) is 5.85. The molecule has 1 aromatic rings. The van der Waals surface area contributed by atoms with Crippen LogP contribution in [0, 0.1) is 0 Å². The highest BCUT2D eigenvalue weighted by atomic mass is 15.1. The van der Waals surface area contributed by atoms with Gasteiger partial charge in [0.2, 0.25) is 0 Å². The average Bonchev–Trinajstić information content (AvgIpc) is 2.38. The van der Waals surface area contributed by atoms with Crippen LogP contribution in [0.5, 0.6) is 0 Å². The molecule has 0 aromatic heterocycles. The summed E-state index contributed by atoms with van der Waals surface area (Å²) in [5.74, 6) is 0. The quantitative estimate of drug-likeness (QED) is 0.744. The Morgan fingerprint density at radius 1 is 1.18 bits per heavy atom. The summed E-state index contributed by atoms with van der Waals surface area (Å²) < 4.78 is 0. The lowest BCUT2D eigenvalue weighted by atomic mass is 10.2. The van der Waals surface area contributed by atoms with Gasteiger partial charge in [0.15, 0.2) is 0 Å². The van der Waals surface area contributed by atoms with E-state index >= 15 is 0 Å². The van der Waals surface area contributed by atoms with Gasteiger partial charge in [-0.05, 0) is 25.5 Å². The fourth-order valence-electron chi connectivity index (χ4n) is 1.80. The summed E-state index contributed by atoms with van der Waals surface area (Å²) in [5, 5.41) is 3.54. The third-order valence-corrected chi connectivity index (χ3v) is 3.23. The highest BCUT2D eigenvalue weighted by Gasteiger charge is 2.04. The maximum Gasteiger partial charge on any atom is 0.0234 e. The maximum atomic E-state index is 3.54. The van der Waals surface area contributed by atoms with Crippen molar-refractivity contribution in [1.82, 2.24) is 10.2 Å². The van der Waals surface area contributed by atoms with Gasteiger partial charge in [-0.1, -0.05) is 44.2 Å². The van der Waals surface area contributed by atoms with Crippen LogP contribution < -0.4 is 5.32 Å². The molecule has 0 bridgehead atoms. The van der Waals surface area contributed by atoms with Crippen LogP contribution in [0.15, 0.2) is 30.3 Å². The molecular weight excluding hydrogens is 208 g/mol. The first kappa shape index (κ1) is 14.2. The number of rotatable bonds is 8. The van der Waals surface area contributed by atoms with E-state index in [-0.39, 0.29) is 0 Å². The molecule has 0 saturated heterocycles. The lowest BCUT2D eigenvalue weighted by Crippen LogP contribution is -2.35. The highest BCUT2D eigenvalue weighted by Crippen LogP contribution is 2.03. The summed E-state index contributed by atoms with van der Waals surface area (Å²) >= 11 is 0. The zero-order valence-corrected chi connectivity index (χ0v) is 11.4. The molecule has 0 aliphatic rings. The molecule has 0 amide bonds. The molecule has 0 saturated carbocycles. The van der Waals surface area contributed by atoms with Gasteiger partial charge in [-0.15, -0.1) is 0 Å². The number of benzene rings is 1. The zero-order valence-electron chi connectivity index (χ0n) is 11.4. The first-order valence-corrected chi connectivity index (χ1v) is 6.75. The van der Waals surface area contributed by atoms with Crippen LogP contribution in [0.25, 0.3) is 0 Å². The van der Waals surface area contributed by atoms with E-state index in [0.717, 1.165) is 26.2 Å². The highest BCUT2D eigenvalue weighted by molar-refractivity contribution is 5.14. The Morgan fingerprint density at radius 2 is 1.88 bits per heavy atom. The lowest BCUT2D eigenvalue weighted by molar-refractivity contribution is 0.274. The van der Waals surface area contributed by atoms with Crippen molar-refractivity contribution in [3.05, 3.63) is 35.9 Å². The number of likely N-dealkylation sites (N-methyl/N-ethyl adjacent to an activating group) is 1. The first-order chi connectivity index (χ1) is 8.26. The van der Waals surface area contributed by atoms with Crippen molar-refractivity contribution in [3.63, 3.8) is 0 Å². The number of nitrogens with one attached hydrogen (secondary N) is 1. The number of hydrogen-bond donors (Lipinski definition) is 1. The van der Waals surface area contributed by atoms with Gasteiger partial charge in [-0.25, -0.2) is 0 Å². The number of nitrogens with zero attached hydrogens (tertiary/aromatic N) is 1. The Morgan fingerprint density at radius 3 is 2.47 bits per heavy atom. The molecule has 17 heavy (non-hydrogen) atoms. The molecule has 1 atom stereocenters. The Bertz CT molecular complexity index is 284. The summed E-state index contributed by atoms with van der Waals surface area (Å²) in [6.45, 7) is 11.1. The molecule has 2 nitrogen and oxygen atoms in total. The molecule has 1 aromatic carbocycles. The van der Waals surface area contributed by atoms with Crippen molar-refractivity contribution in [2.45, 2.75) is 39.8 Å². The van der Waals surface area contributed by atoms with Crippen molar-refractivity contribution in [1.29, 1.82) is 0 Å². The largest absolute Gasteiger partial charge is 0.313 e. The van der Waals surface area contributed by atoms with Crippen LogP contribution in [0.2, 0.25) is 0 Å². The summed E-state index contributed by atoms with van der Waals surface area (Å²) in [7, 11) is 0. The molecule has 0 fully saturated rings. The molecule has 2 heteroatoms. The fraction of sp³-hybridized carbons (Fsp3) is 0.600. The molecule has 0 spiro atoms. The van der Waals surface area contributed by atoms with E-state index < -0.39 is 0 Å². The standard InChI is InChI=1S/C15H26N2/c1-4-14(3)16-11-12-17(5-2)13-15-9-7-6-8-10-15/h6-10,14,16H,4-5,11-13H2,1-3H3. The summed E-state index contributed by atoms with van der Waals surface area (Å²) in [5.41, 5.74) is 1.40. The first-order valence-electron chi connectivity index (χ1n) is 6.75. The monoisotopic (exact) mass is 234 g/mol. The Balaban J connectivity index is 2.29. The lowest BCUT2D eigenvalue weighted by Gasteiger charge is -2.22. The fourth-order valence-corrected chi connectivity index (χ4v) is 1.80. The molecule has 96 valence electrons. The SMILES string of the molecule is CCC(C)NCCN(CC)Cc1ccccc1. The van der Waals surface area contributed by atoms with Gasteiger partial charge in [0.1, 0.15) is 0 Å². The Kier molecular flexibility index (Phi) is 6.90. The van der Waals surface area contributed by atoms with E-state index in [2.05, 4.69) is 61.3 Å². The topological polar surface area (TPSA) is 15.3 Å². The molecule has 0 aliphatic carbocycles. The van der Waals surface area contributed by atoms with Crippen molar-refractivity contribution >= 4 is 0 Å². The molecular formula is C15H26N2. The summed E-state index contributed by atoms with van der Waals surface area (Å²) in [6, 6.07) is 11.3. The van der Waals surface area contributed by atoms with Crippen molar-refractivity contribution in [2.24, 2.45) is 0 Å². The van der Waals surface area contributed by atoms with E-state index in [0.29, 0.717) is 6.04 Å². The Labute approximate surface area is 106 Å². The van der Waals surface area contributed by atoms with Gasteiger partial charge in [0.25, 0.3) is 0 Å². The predicted octanol–water partition coefficient (Wildman–Crippen LogP) is 2.90. The summed E-state index contributed by atoms with van der Waals surface area (Å²) in [6.07, 6.45) is 1.20. The second-order valence-electron chi connectivity index (χ2n) is 4.62. The van der Waals surface area contributed by atoms with Crippen LogP contribution >= 0.6 is 0 Å². The average molecular weight is 234 g/mol. The second kappa shape index (κ2) is 8.26. The van der Waals surface area contributed by atoms with E-state index in [1.807, 2.05) is 0 Å². The summed E-state index contributed by atoms with van der Waals surface area (Å²) in [4.78, 5) is 2.48. The molecule has 0 radical (unpaired) electrons. The van der Waals surface area contributed by atoms with Gasteiger partial charge >= 0.3 is 0 Å². The zero-order chi connectivity index (χ0) is 12.5. The van der Waals surface area contributed by atoms with Crippen LogP contribution in [0.1, 0.15) is 32.8 Å². The van der Waals surface area contributed by atoms with E-state index in [1.54, 1.807) is 0 Å². The third-order valence-electron chi connectivity index (χ3n) is 3.23. The van der Waals surface area contributed by atoms with E-state index in [1.165, 1.54) is 12.0 Å². The van der Waals surface area contributed by atoms with Crippen LogP contribution in [-0.2, 0) is 6.54 Å². The molecule has 1 rings (SSSR count). The minimum Gasteiger partial charge on any atom is -0.313 e. The van der Waals surface area contributed by atoms with Gasteiger partial charge in [0.05, 0.1) is 0 Å². The van der Waals surface area contributed by atoms with Gasteiger partial charge in [-0.3, -0.25) is 4.90 Å². The predicted molar refractivity (Wildman–Crippen MR) is 75.1 cm³/mol. The van der Waals surface area contributed by atoms with Gasteiger partial charge in [-0.2, -0.15) is 0 Å². The van der Waals surface area contributed by atoms with Crippen molar-refractivity contribution < 1.29 is 0 Å². The minimum atomic E-state index is 0.630. The van der Waals surface area contributed by atoms with Crippen LogP contribution in [0.4, 0.5) is 0 Å². The number of hydrogen-bond acceptors (Lipinski definition) is 2. The smallest absolute Gasteiger partial charge is 0.0234 e. The maximum absolute atomic E-state index is 3.54. The van der Waals surface area contributed by atoms with E-state index in [4.69, 9.17) is 0 Å². The van der Waals surface area contributed by atoms with Crippen LogP contribution in [-0.4, -0.2) is 30.6 Å². The van der Waals surface area contributed by atoms with Crippen molar-refractivity contribution in [2.75, 3.05) is 19.6 Å². The normalized spacial score (nSPS) is 12.9. The van der Waals surface area contributed by atoms with Gasteiger partial charge < -0.3 is 5.32 Å².